The van der Waals surface area contributed by atoms with Gasteiger partial charge < -0.3 is 5.32 Å². The number of halogens is 2. The van der Waals surface area contributed by atoms with E-state index < -0.39 is 9.84 Å². The van der Waals surface area contributed by atoms with Crippen LogP contribution in [-0.2, 0) is 21.1 Å². The molecule has 2 rings (SSSR count). The largest absolute Gasteiger partial charge is 0.356 e. The van der Waals surface area contributed by atoms with Gasteiger partial charge in [-0.2, -0.15) is 0 Å². The van der Waals surface area contributed by atoms with Crippen LogP contribution in [0.3, 0.4) is 0 Å². The standard InChI is InChI=1S/C15H19Cl2NO3S/c16-13-3-2-12(14(17)9-13)5-7-18-15(19)4-1-11-6-8-22(20,21)10-11/h2-3,9,11H,1,4-8,10H2,(H,18,19). The Hall–Kier alpha value is -0.780. The van der Waals surface area contributed by atoms with Gasteiger partial charge in [-0.15, -0.1) is 0 Å². The van der Waals surface area contributed by atoms with Crippen molar-refractivity contribution in [3.05, 3.63) is 33.8 Å². The maximum atomic E-state index is 11.8. The molecule has 1 aliphatic heterocycles. The molecule has 0 bridgehead atoms. The summed E-state index contributed by atoms with van der Waals surface area (Å²) in [5.41, 5.74) is 0.938. The zero-order valence-corrected chi connectivity index (χ0v) is 14.5. The van der Waals surface area contributed by atoms with Gasteiger partial charge in [0.1, 0.15) is 0 Å². The van der Waals surface area contributed by atoms with Gasteiger partial charge in [0.15, 0.2) is 9.84 Å². The van der Waals surface area contributed by atoms with E-state index in [4.69, 9.17) is 23.2 Å². The molecule has 1 aromatic carbocycles. The highest BCUT2D eigenvalue weighted by molar-refractivity contribution is 7.91. The number of amides is 1. The molecule has 0 aliphatic carbocycles. The first-order chi connectivity index (χ1) is 10.4. The van der Waals surface area contributed by atoms with Crippen LogP contribution in [0.5, 0.6) is 0 Å². The number of carbonyl (C=O) groups is 1. The maximum absolute atomic E-state index is 11.8. The fourth-order valence-electron chi connectivity index (χ4n) is 2.58. The SMILES string of the molecule is O=C(CCC1CCS(=O)(=O)C1)NCCc1ccc(Cl)cc1Cl. The number of hydrogen-bond donors (Lipinski definition) is 1. The van der Waals surface area contributed by atoms with Gasteiger partial charge in [0.2, 0.25) is 5.91 Å². The van der Waals surface area contributed by atoms with Crippen LogP contribution >= 0.6 is 23.2 Å². The van der Waals surface area contributed by atoms with E-state index >= 15 is 0 Å². The molecule has 0 spiro atoms. The Balaban J connectivity index is 1.68. The Labute approximate surface area is 141 Å². The number of carbonyl (C=O) groups excluding carboxylic acids is 1. The van der Waals surface area contributed by atoms with Gasteiger partial charge in [-0.1, -0.05) is 29.3 Å². The molecule has 0 radical (unpaired) electrons. The third-order valence-electron chi connectivity index (χ3n) is 3.84. The van der Waals surface area contributed by atoms with E-state index in [1.165, 1.54) is 0 Å². The molecule has 1 unspecified atom stereocenters. The van der Waals surface area contributed by atoms with Gasteiger partial charge in [-0.25, -0.2) is 8.42 Å². The van der Waals surface area contributed by atoms with Crippen molar-refractivity contribution in [2.45, 2.75) is 25.7 Å². The van der Waals surface area contributed by atoms with Crippen molar-refractivity contribution in [2.24, 2.45) is 5.92 Å². The summed E-state index contributed by atoms with van der Waals surface area (Å²) in [6.45, 7) is 0.503. The number of nitrogens with one attached hydrogen (secondary N) is 1. The molecule has 7 heteroatoms. The first-order valence-corrected chi connectivity index (χ1v) is 9.84. The molecule has 122 valence electrons. The van der Waals surface area contributed by atoms with Crippen LogP contribution in [0.1, 0.15) is 24.8 Å². The zero-order valence-electron chi connectivity index (χ0n) is 12.1. The number of hydrogen-bond acceptors (Lipinski definition) is 3. The van der Waals surface area contributed by atoms with Gasteiger partial charge in [-0.05, 0) is 42.9 Å². The van der Waals surface area contributed by atoms with E-state index in [9.17, 15) is 13.2 Å². The van der Waals surface area contributed by atoms with Crippen molar-refractivity contribution in [3.63, 3.8) is 0 Å². The number of sulfone groups is 1. The van der Waals surface area contributed by atoms with Crippen LogP contribution in [0.2, 0.25) is 10.0 Å². The molecule has 1 aromatic rings. The van der Waals surface area contributed by atoms with Crippen LogP contribution in [0.25, 0.3) is 0 Å². The van der Waals surface area contributed by atoms with Crippen LogP contribution < -0.4 is 5.32 Å². The van der Waals surface area contributed by atoms with E-state index in [0.29, 0.717) is 42.3 Å². The summed E-state index contributed by atoms with van der Waals surface area (Å²) in [6, 6.07) is 5.30. The number of rotatable bonds is 6. The minimum atomic E-state index is -2.86. The van der Waals surface area contributed by atoms with Crippen LogP contribution in [-0.4, -0.2) is 32.4 Å². The van der Waals surface area contributed by atoms with Crippen LogP contribution in [0.15, 0.2) is 18.2 Å². The normalized spacial score (nSPS) is 20.0. The zero-order chi connectivity index (χ0) is 16.2. The lowest BCUT2D eigenvalue weighted by molar-refractivity contribution is -0.121. The smallest absolute Gasteiger partial charge is 0.220 e. The second-order valence-corrected chi connectivity index (χ2v) is 8.72. The Morgan fingerprint density at radius 1 is 1.32 bits per heavy atom. The molecular weight excluding hydrogens is 345 g/mol. The molecule has 0 saturated carbocycles. The first-order valence-electron chi connectivity index (χ1n) is 7.27. The highest BCUT2D eigenvalue weighted by Gasteiger charge is 2.27. The fourth-order valence-corrected chi connectivity index (χ4v) is 5.00. The van der Waals surface area contributed by atoms with Crippen molar-refractivity contribution in [3.8, 4) is 0 Å². The predicted octanol–water partition coefficient (Wildman–Crippen LogP) is 2.87. The lowest BCUT2D eigenvalue weighted by Gasteiger charge is -2.09. The minimum absolute atomic E-state index is 0.0469. The molecule has 1 heterocycles. The van der Waals surface area contributed by atoms with Gasteiger partial charge in [-0.3, -0.25) is 4.79 Å². The monoisotopic (exact) mass is 363 g/mol. The molecule has 1 atom stereocenters. The van der Waals surface area contributed by atoms with Gasteiger partial charge in [0, 0.05) is 23.0 Å². The summed E-state index contributed by atoms with van der Waals surface area (Å²) in [5.74, 6) is 0.561. The molecule has 4 nitrogen and oxygen atoms in total. The second-order valence-electron chi connectivity index (χ2n) is 5.64. The molecule has 1 fully saturated rings. The summed E-state index contributed by atoms with van der Waals surface area (Å²) in [5, 5.41) is 4.02. The van der Waals surface area contributed by atoms with Crippen LogP contribution in [0.4, 0.5) is 0 Å². The summed E-state index contributed by atoms with van der Waals surface area (Å²) in [7, 11) is -2.86. The lowest BCUT2D eigenvalue weighted by atomic mass is 10.0. The Morgan fingerprint density at radius 3 is 2.73 bits per heavy atom. The quantitative estimate of drug-likeness (QED) is 0.844. The number of benzene rings is 1. The fraction of sp³-hybridized carbons (Fsp3) is 0.533. The highest BCUT2D eigenvalue weighted by Crippen LogP contribution is 2.23. The van der Waals surface area contributed by atoms with Gasteiger partial charge in [0.25, 0.3) is 0 Å². The molecule has 1 aliphatic rings. The molecular formula is C15H19Cl2NO3S. The summed E-state index contributed by atoms with van der Waals surface area (Å²) in [6.07, 6.45) is 2.32. The lowest BCUT2D eigenvalue weighted by Crippen LogP contribution is -2.26. The Kier molecular flexibility index (Phi) is 6.12. The van der Waals surface area contributed by atoms with Gasteiger partial charge >= 0.3 is 0 Å². The van der Waals surface area contributed by atoms with Crippen molar-refractivity contribution in [2.75, 3.05) is 18.1 Å². The van der Waals surface area contributed by atoms with Crippen molar-refractivity contribution in [1.82, 2.24) is 5.32 Å². The molecule has 22 heavy (non-hydrogen) atoms. The minimum Gasteiger partial charge on any atom is -0.356 e. The first kappa shape index (κ1) is 17.6. The third-order valence-corrected chi connectivity index (χ3v) is 6.26. The van der Waals surface area contributed by atoms with E-state index in [2.05, 4.69) is 5.32 Å². The van der Waals surface area contributed by atoms with Crippen molar-refractivity contribution >= 4 is 38.9 Å². The molecule has 0 aromatic heterocycles. The maximum Gasteiger partial charge on any atom is 0.220 e. The predicted molar refractivity (Wildman–Crippen MR) is 89.2 cm³/mol. The van der Waals surface area contributed by atoms with Crippen LogP contribution in [0, 0.1) is 5.92 Å². The van der Waals surface area contributed by atoms with E-state index in [1.54, 1.807) is 12.1 Å². The molecule has 1 saturated heterocycles. The average molecular weight is 364 g/mol. The summed E-state index contributed by atoms with van der Waals surface area (Å²) < 4.78 is 22.7. The highest BCUT2D eigenvalue weighted by atomic mass is 35.5. The summed E-state index contributed by atoms with van der Waals surface area (Å²) in [4.78, 5) is 11.8. The molecule has 1 N–H and O–H groups in total. The van der Waals surface area contributed by atoms with E-state index in [-0.39, 0.29) is 23.3 Å². The third kappa shape index (κ3) is 5.45. The van der Waals surface area contributed by atoms with Crippen molar-refractivity contribution < 1.29 is 13.2 Å². The Morgan fingerprint density at radius 2 is 2.09 bits per heavy atom. The second kappa shape index (κ2) is 7.66. The summed E-state index contributed by atoms with van der Waals surface area (Å²) >= 11 is 11.9. The topological polar surface area (TPSA) is 63.2 Å². The van der Waals surface area contributed by atoms with Crippen molar-refractivity contribution in [1.29, 1.82) is 0 Å². The van der Waals surface area contributed by atoms with E-state index in [1.807, 2.05) is 6.07 Å². The average Bonchev–Trinajstić information content (AvgIpc) is 2.78. The molecule has 1 amide bonds. The van der Waals surface area contributed by atoms with E-state index in [0.717, 1.165) is 5.56 Å². The van der Waals surface area contributed by atoms with Gasteiger partial charge in [0.05, 0.1) is 11.5 Å². The Bertz CT molecular complexity index is 646.